The largest absolute Gasteiger partial charge is 0.478 e. The highest BCUT2D eigenvalue weighted by Crippen LogP contribution is 2.41. The molecule has 42 heavy (non-hydrogen) atoms. The van der Waals surface area contributed by atoms with Gasteiger partial charge in [0.1, 0.15) is 6.26 Å². The molecule has 0 saturated carbocycles. The third-order valence-electron chi connectivity index (χ3n) is 5.86. The number of nitrogens with one attached hydrogen (secondary N) is 1. The average Bonchev–Trinajstić information content (AvgIpc) is 3.06. The highest BCUT2D eigenvalue weighted by molar-refractivity contribution is 6.31. The van der Waals surface area contributed by atoms with Crippen LogP contribution in [-0.4, -0.2) is 73.9 Å². The van der Waals surface area contributed by atoms with E-state index in [-0.39, 0.29) is 25.0 Å². The SMILES string of the molecule is CCOC(=O)/C=C/CNCCCCN1c2cc(Cl)ccc2C(=O)N(CCCO)c2ccccc21.O=CO/C=C\C(=O)O. The van der Waals surface area contributed by atoms with Crippen LogP contribution in [0, 0.1) is 0 Å². The van der Waals surface area contributed by atoms with E-state index < -0.39 is 5.97 Å². The zero-order chi connectivity index (χ0) is 30.7. The van der Waals surface area contributed by atoms with Crippen molar-refractivity contribution >= 4 is 53.0 Å². The molecule has 11 nitrogen and oxygen atoms in total. The van der Waals surface area contributed by atoms with Crippen LogP contribution in [0.3, 0.4) is 0 Å². The summed E-state index contributed by atoms with van der Waals surface area (Å²) in [7, 11) is 0. The Morgan fingerprint density at radius 1 is 1.00 bits per heavy atom. The van der Waals surface area contributed by atoms with Crippen molar-refractivity contribution in [1.29, 1.82) is 0 Å². The third-order valence-corrected chi connectivity index (χ3v) is 6.10. The number of nitrogens with zero attached hydrogens (tertiary/aromatic N) is 2. The third kappa shape index (κ3) is 11.0. The van der Waals surface area contributed by atoms with Crippen molar-refractivity contribution in [2.45, 2.75) is 26.2 Å². The number of aliphatic carboxylic acids is 1. The summed E-state index contributed by atoms with van der Waals surface area (Å²) in [6, 6.07) is 13.2. The minimum absolute atomic E-state index is 0.0190. The summed E-state index contributed by atoms with van der Waals surface area (Å²) in [6.07, 6.45) is 7.01. The van der Waals surface area contributed by atoms with Gasteiger partial charge in [-0.1, -0.05) is 29.8 Å². The van der Waals surface area contributed by atoms with E-state index in [0.29, 0.717) is 49.3 Å². The van der Waals surface area contributed by atoms with E-state index in [1.54, 1.807) is 30.0 Å². The molecular formula is C30H36ClN3O8. The Morgan fingerprint density at radius 3 is 2.38 bits per heavy atom. The van der Waals surface area contributed by atoms with Gasteiger partial charge >= 0.3 is 11.9 Å². The van der Waals surface area contributed by atoms with E-state index in [2.05, 4.69) is 15.0 Å². The molecule has 0 atom stereocenters. The Kier molecular flexibility index (Phi) is 15.4. The van der Waals surface area contributed by atoms with E-state index in [4.69, 9.17) is 21.4 Å². The number of carbonyl (C=O) groups is 4. The zero-order valence-electron chi connectivity index (χ0n) is 23.4. The van der Waals surface area contributed by atoms with Crippen molar-refractivity contribution in [2.24, 2.45) is 0 Å². The molecule has 2 aromatic rings. The molecule has 1 aliphatic heterocycles. The summed E-state index contributed by atoms with van der Waals surface area (Å²) < 4.78 is 8.76. The Bertz CT molecular complexity index is 1250. The number of fused-ring (bicyclic) bond motifs is 2. The lowest BCUT2D eigenvalue weighted by Gasteiger charge is -2.27. The second kappa shape index (κ2) is 19.0. The van der Waals surface area contributed by atoms with Crippen LogP contribution >= 0.6 is 11.6 Å². The van der Waals surface area contributed by atoms with Crippen LogP contribution in [0.4, 0.5) is 17.1 Å². The van der Waals surface area contributed by atoms with Crippen molar-refractivity contribution in [3.63, 3.8) is 0 Å². The number of carbonyl (C=O) groups excluding carboxylic acids is 3. The normalized spacial score (nSPS) is 12.3. The number of esters is 1. The molecule has 0 aromatic heterocycles. The van der Waals surface area contributed by atoms with Crippen LogP contribution in [0.2, 0.25) is 5.02 Å². The van der Waals surface area contributed by atoms with Crippen LogP contribution in [0.15, 0.2) is 67.0 Å². The number of unbranched alkanes of at least 4 members (excludes halogenated alkanes) is 1. The standard InChI is InChI=1S/C26H32ClN3O4.C4H4O4/c1-2-34-25(32)11-7-15-28-14-5-6-16-29-22-9-3-4-10-23(22)30(17-8-18-31)26(33)21-13-12-20(27)19-24(21)29;5-3-8-2-1-4(6)7/h3-4,7,9-13,19,28,31H,2,5-6,8,14-18H2,1H3;1-3H,(H,6,7)/b11-7+;2-1-. The second-order valence-corrected chi connectivity index (χ2v) is 9.21. The van der Waals surface area contributed by atoms with Gasteiger partial charge < -0.3 is 34.8 Å². The fourth-order valence-corrected chi connectivity index (χ4v) is 4.25. The lowest BCUT2D eigenvalue weighted by Crippen LogP contribution is -2.31. The summed E-state index contributed by atoms with van der Waals surface area (Å²) in [4.78, 5) is 47.6. The quantitative estimate of drug-likeness (QED) is 0.0897. The molecule has 2 aromatic carbocycles. The molecule has 0 saturated heterocycles. The lowest BCUT2D eigenvalue weighted by molar-refractivity contribution is -0.137. The van der Waals surface area contributed by atoms with Gasteiger partial charge in [-0.15, -0.1) is 0 Å². The summed E-state index contributed by atoms with van der Waals surface area (Å²) in [5.41, 5.74) is 3.16. The number of halogens is 1. The van der Waals surface area contributed by atoms with E-state index >= 15 is 0 Å². The molecule has 3 N–H and O–H groups in total. The molecule has 1 amide bonds. The van der Waals surface area contributed by atoms with Crippen molar-refractivity contribution in [1.82, 2.24) is 5.32 Å². The van der Waals surface area contributed by atoms with Crippen LogP contribution in [0.25, 0.3) is 0 Å². The molecule has 0 bridgehead atoms. The number of hydrogen-bond acceptors (Lipinski definition) is 9. The Morgan fingerprint density at radius 2 is 1.71 bits per heavy atom. The number of rotatable bonds is 15. The number of carboxylic acid groups (broad SMARTS) is 1. The minimum Gasteiger partial charge on any atom is -0.478 e. The Hall–Kier alpha value is -4.19. The molecule has 0 fully saturated rings. The number of aliphatic hydroxyl groups is 1. The number of carboxylic acids is 1. The number of hydrogen-bond donors (Lipinski definition) is 3. The van der Waals surface area contributed by atoms with Crippen LogP contribution in [0.5, 0.6) is 0 Å². The topological polar surface area (TPSA) is 146 Å². The first-order chi connectivity index (χ1) is 20.3. The molecule has 1 aliphatic rings. The predicted molar refractivity (Wildman–Crippen MR) is 160 cm³/mol. The van der Waals surface area contributed by atoms with Crippen LogP contribution in [0.1, 0.15) is 36.5 Å². The number of anilines is 3. The van der Waals surface area contributed by atoms with E-state index in [9.17, 15) is 24.3 Å². The lowest BCUT2D eigenvalue weighted by atomic mass is 10.1. The maximum absolute atomic E-state index is 13.5. The second-order valence-electron chi connectivity index (χ2n) is 8.77. The van der Waals surface area contributed by atoms with E-state index in [1.165, 1.54) is 6.08 Å². The molecular weight excluding hydrogens is 566 g/mol. The first kappa shape index (κ1) is 34.0. The van der Waals surface area contributed by atoms with Crippen LogP contribution in [-0.2, 0) is 23.9 Å². The van der Waals surface area contributed by atoms with Gasteiger partial charge in [0.25, 0.3) is 12.4 Å². The molecule has 0 aliphatic carbocycles. The van der Waals surface area contributed by atoms with Gasteiger partial charge in [-0.05, 0) is 63.1 Å². The smallest absolute Gasteiger partial charge is 0.331 e. The molecule has 0 unspecified atom stereocenters. The van der Waals surface area contributed by atoms with E-state index in [0.717, 1.165) is 42.7 Å². The molecule has 226 valence electrons. The minimum atomic E-state index is -1.15. The van der Waals surface area contributed by atoms with Gasteiger partial charge in [0, 0.05) is 37.3 Å². The number of benzene rings is 2. The van der Waals surface area contributed by atoms with Crippen molar-refractivity contribution in [3.05, 3.63) is 77.5 Å². The highest BCUT2D eigenvalue weighted by atomic mass is 35.5. The number of ether oxygens (including phenoxy) is 2. The molecule has 12 heteroatoms. The first-order valence-corrected chi connectivity index (χ1v) is 13.8. The monoisotopic (exact) mass is 601 g/mol. The zero-order valence-corrected chi connectivity index (χ0v) is 24.2. The number of aliphatic hydroxyl groups excluding tert-OH is 1. The highest BCUT2D eigenvalue weighted by Gasteiger charge is 2.30. The number of amides is 1. The van der Waals surface area contributed by atoms with Crippen LogP contribution < -0.4 is 15.1 Å². The maximum atomic E-state index is 13.5. The van der Waals surface area contributed by atoms with Gasteiger partial charge in [-0.3, -0.25) is 9.59 Å². The molecule has 0 spiro atoms. The summed E-state index contributed by atoms with van der Waals surface area (Å²) >= 11 is 6.33. The molecule has 1 heterocycles. The van der Waals surface area contributed by atoms with Gasteiger partial charge in [-0.2, -0.15) is 0 Å². The van der Waals surface area contributed by atoms with E-state index in [1.807, 2.05) is 30.3 Å². The first-order valence-electron chi connectivity index (χ1n) is 13.4. The molecule has 0 radical (unpaired) electrons. The predicted octanol–water partition coefficient (Wildman–Crippen LogP) is 4.07. The summed E-state index contributed by atoms with van der Waals surface area (Å²) in [5.74, 6) is -1.57. The molecule has 3 rings (SSSR count). The van der Waals surface area contributed by atoms with Crippen molar-refractivity contribution < 1.29 is 38.9 Å². The van der Waals surface area contributed by atoms with Crippen molar-refractivity contribution in [3.8, 4) is 0 Å². The Labute approximate surface area is 250 Å². The van der Waals surface area contributed by atoms with Crippen molar-refractivity contribution in [2.75, 3.05) is 49.2 Å². The maximum Gasteiger partial charge on any atom is 0.331 e. The average molecular weight is 602 g/mol. The summed E-state index contributed by atoms with van der Waals surface area (Å²) in [6.45, 7) is 4.85. The number of para-hydroxylation sites is 2. The van der Waals surface area contributed by atoms with Gasteiger partial charge in [0.05, 0.1) is 35.3 Å². The van der Waals surface area contributed by atoms with Gasteiger partial charge in [0.2, 0.25) is 0 Å². The fraction of sp³-hybridized carbons (Fsp3) is 0.333. The van der Waals surface area contributed by atoms with Gasteiger partial charge in [0.15, 0.2) is 0 Å². The fourth-order valence-electron chi connectivity index (χ4n) is 4.09. The summed E-state index contributed by atoms with van der Waals surface area (Å²) in [5, 5.41) is 21.1. The Balaban J connectivity index is 0.000000675. The van der Waals surface area contributed by atoms with Gasteiger partial charge in [-0.25, -0.2) is 9.59 Å².